The van der Waals surface area contributed by atoms with Gasteiger partial charge in [0, 0.05) is 33.2 Å². The van der Waals surface area contributed by atoms with Crippen LogP contribution in [0.15, 0.2) is 0 Å². The van der Waals surface area contributed by atoms with Crippen molar-refractivity contribution in [3.8, 4) is 0 Å². The van der Waals surface area contributed by atoms with Gasteiger partial charge in [0.15, 0.2) is 0 Å². The normalized spacial score (nSPS) is 16.9. The molecule has 1 aromatic rings. The predicted octanol–water partition coefficient (Wildman–Crippen LogP) is 1.51. The molecule has 0 aliphatic heterocycles. The topological polar surface area (TPSA) is 48.4 Å². The SMILES string of the molecule is CN(C)c1nc(Cl)nc(N(C)CC2(N(C)C)CCC2)n1. The van der Waals surface area contributed by atoms with Crippen LogP contribution < -0.4 is 9.80 Å². The van der Waals surface area contributed by atoms with Gasteiger partial charge >= 0.3 is 0 Å². The summed E-state index contributed by atoms with van der Waals surface area (Å²) < 4.78 is 0. The second-order valence-corrected chi connectivity index (χ2v) is 6.27. The molecule has 1 aliphatic carbocycles. The van der Waals surface area contributed by atoms with Crippen molar-refractivity contribution in [2.45, 2.75) is 24.8 Å². The summed E-state index contributed by atoms with van der Waals surface area (Å²) in [7, 11) is 10.1. The molecule has 0 spiro atoms. The van der Waals surface area contributed by atoms with E-state index in [9.17, 15) is 0 Å². The number of hydrogen-bond donors (Lipinski definition) is 0. The lowest BCUT2D eigenvalue weighted by molar-refractivity contribution is 0.0680. The Hall–Kier alpha value is -1.14. The maximum atomic E-state index is 5.99. The lowest BCUT2D eigenvalue weighted by Crippen LogP contribution is -2.57. The minimum Gasteiger partial charge on any atom is -0.347 e. The molecule has 0 aromatic carbocycles. The van der Waals surface area contributed by atoms with Crippen molar-refractivity contribution in [1.29, 1.82) is 0 Å². The highest BCUT2D eigenvalue weighted by atomic mass is 35.5. The molecular formula is C13H23ClN6. The Morgan fingerprint density at radius 1 is 1.00 bits per heavy atom. The van der Waals surface area contributed by atoms with Gasteiger partial charge in [0.05, 0.1) is 0 Å². The molecule has 1 aliphatic rings. The summed E-state index contributed by atoms with van der Waals surface area (Å²) in [6, 6.07) is 0. The number of rotatable bonds is 5. The summed E-state index contributed by atoms with van der Waals surface area (Å²) in [6.07, 6.45) is 3.71. The summed E-state index contributed by atoms with van der Waals surface area (Å²) in [5.41, 5.74) is 0.228. The number of aromatic nitrogens is 3. The van der Waals surface area contributed by atoms with Crippen LogP contribution in [0.2, 0.25) is 5.28 Å². The molecule has 0 saturated heterocycles. The lowest BCUT2D eigenvalue weighted by Gasteiger charge is -2.49. The fourth-order valence-corrected chi connectivity index (χ4v) is 2.70. The first kappa shape index (κ1) is 15.3. The predicted molar refractivity (Wildman–Crippen MR) is 82.7 cm³/mol. The monoisotopic (exact) mass is 298 g/mol. The van der Waals surface area contributed by atoms with Crippen LogP contribution in [0.4, 0.5) is 11.9 Å². The van der Waals surface area contributed by atoms with E-state index in [0.29, 0.717) is 11.9 Å². The molecule has 20 heavy (non-hydrogen) atoms. The van der Waals surface area contributed by atoms with E-state index >= 15 is 0 Å². The average Bonchev–Trinajstić information content (AvgIpc) is 2.32. The highest BCUT2D eigenvalue weighted by molar-refractivity contribution is 6.28. The van der Waals surface area contributed by atoms with Crippen molar-refractivity contribution in [2.75, 3.05) is 51.6 Å². The Bertz CT molecular complexity index is 472. The van der Waals surface area contributed by atoms with E-state index in [1.165, 1.54) is 19.3 Å². The Morgan fingerprint density at radius 2 is 1.60 bits per heavy atom. The Morgan fingerprint density at radius 3 is 2.05 bits per heavy atom. The van der Waals surface area contributed by atoms with Crippen LogP contribution in [-0.2, 0) is 0 Å². The summed E-state index contributed by atoms with van der Waals surface area (Å²) in [5, 5.41) is 0.234. The number of likely N-dealkylation sites (N-methyl/N-ethyl adjacent to an activating group) is 2. The fourth-order valence-electron chi connectivity index (χ4n) is 2.54. The van der Waals surface area contributed by atoms with Crippen molar-refractivity contribution in [1.82, 2.24) is 19.9 Å². The molecule has 0 radical (unpaired) electrons. The molecule has 0 amide bonds. The third-order valence-electron chi connectivity index (χ3n) is 4.09. The quantitative estimate of drug-likeness (QED) is 0.821. The molecule has 112 valence electrons. The van der Waals surface area contributed by atoms with E-state index in [0.717, 1.165) is 6.54 Å². The average molecular weight is 299 g/mol. The van der Waals surface area contributed by atoms with Gasteiger partial charge in [-0.05, 0) is 45.0 Å². The van der Waals surface area contributed by atoms with Gasteiger partial charge < -0.3 is 14.7 Å². The zero-order valence-electron chi connectivity index (χ0n) is 12.9. The van der Waals surface area contributed by atoms with Crippen molar-refractivity contribution < 1.29 is 0 Å². The van der Waals surface area contributed by atoms with Crippen LogP contribution in [0.3, 0.4) is 0 Å². The second-order valence-electron chi connectivity index (χ2n) is 5.93. The van der Waals surface area contributed by atoms with E-state index in [2.05, 4.69) is 38.8 Å². The van der Waals surface area contributed by atoms with Crippen molar-refractivity contribution in [3.05, 3.63) is 5.28 Å². The van der Waals surface area contributed by atoms with Crippen LogP contribution in [0.5, 0.6) is 0 Å². The summed E-state index contributed by atoms with van der Waals surface area (Å²) in [4.78, 5) is 19.0. The second kappa shape index (κ2) is 5.69. The molecule has 0 atom stereocenters. The molecule has 0 N–H and O–H groups in total. The van der Waals surface area contributed by atoms with Gasteiger partial charge in [-0.15, -0.1) is 0 Å². The van der Waals surface area contributed by atoms with Crippen LogP contribution in [0, 0.1) is 0 Å². The standard InChI is InChI=1S/C13H23ClN6/c1-18(2)11-15-10(14)16-12(17-11)20(5)9-13(19(3)4)7-6-8-13/h6-9H2,1-5H3. The molecule has 7 heteroatoms. The largest absolute Gasteiger partial charge is 0.347 e. The molecule has 2 rings (SSSR count). The molecule has 0 bridgehead atoms. The Kier molecular flexibility index (Phi) is 4.34. The highest BCUT2D eigenvalue weighted by Gasteiger charge is 2.40. The van der Waals surface area contributed by atoms with Crippen LogP contribution in [-0.4, -0.2) is 67.2 Å². The first-order valence-electron chi connectivity index (χ1n) is 6.81. The first-order valence-corrected chi connectivity index (χ1v) is 7.19. The summed E-state index contributed by atoms with van der Waals surface area (Å²) in [5.74, 6) is 1.21. The van der Waals surface area contributed by atoms with Crippen LogP contribution in [0.25, 0.3) is 0 Å². The fraction of sp³-hybridized carbons (Fsp3) is 0.769. The first-order chi connectivity index (χ1) is 9.34. The van der Waals surface area contributed by atoms with E-state index in [1.54, 1.807) is 0 Å². The number of hydrogen-bond acceptors (Lipinski definition) is 6. The maximum absolute atomic E-state index is 5.99. The zero-order valence-corrected chi connectivity index (χ0v) is 13.6. The molecule has 1 fully saturated rings. The van der Waals surface area contributed by atoms with Gasteiger partial charge in [-0.3, -0.25) is 0 Å². The van der Waals surface area contributed by atoms with E-state index in [1.807, 2.05) is 26.0 Å². The Balaban J connectivity index is 2.18. The zero-order chi connectivity index (χ0) is 14.9. The van der Waals surface area contributed by atoms with Crippen LogP contribution >= 0.6 is 11.6 Å². The van der Waals surface area contributed by atoms with Gasteiger partial charge in [-0.1, -0.05) is 0 Å². The minimum absolute atomic E-state index is 0.228. The van der Waals surface area contributed by atoms with Crippen molar-refractivity contribution in [3.63, 3.8) is 0 Å². The molecule has 1 heterocycles. The molecule has 1 aromatic heterocycles. The summed E-state index contributed by atoms with van der Waals surface area (Å²) in [6.45, 7) is 0.896. The molecule has 6 nitrogen and oxygen atoms in total. The smallest absolute Gasteiger partial charge is 0.231 e. The Labute approximate surface area is 125 Å². The van der Waals surface area contributed by atoms with Crippen molar-refractivity contribution in [2.24, 2.45) is 0 Å². The van der Waals surface area contributed by atoms with E-state index < -0.39 is 0 Å². The molecule has 1 saturated carbocycles. The van der Waals surface area contributed by atoms with Gasteiger partial charge in [0.1, 0.15) is 0 Å². The van der Waals surface area contributed by atoms with Gasteiger partial charge in [-0.25, -0.2) is 0 Å². The van der Waals surface area contributed by atoms with Gasteiger partial charge in [0.2, 0.25) is 17.2 Å². The van der Waals surface area contributed by atoms with E-state index in [-0.39, 0.29) is 10.8 Å². The van der Waals surface area contributed by atoms with Crippen LogP contribution in [0.1, 0.15) is 19.3 Å². The lowest BCUT2D eigenvalue weighted by atomic mass is 9.75. The van der Waals surface area contributed by atoms with Crippen molar-refractivity contribution >= 4 is 23.5 Å². The molecule has 0 unspecified atom stereocenters. The number of anilines is 2. The number of nitrogens with zero attached hydrogens (tertiary/aromatic N) is 6. The maximum Gasteiger partial charge on any atom is 0.231 e. The third-order valence-corrected chi connectivity index (χ3v) is 4.26. The highest BCUT2D eigenvalue weighted by Crippen LogP contribution is 2.37. The minimum atomic E-state index is 0.228. The number of halogens is 1. The van der Waals surface area contributed by atoms with E-state index in [4.69, 9.17) is 11.6 Å². The van der Waals surface area contributed by atoms with Gasteiger partial charge in [0.25, 0.3) is 0 Å². The summed E-state index contributed by atoms with van der Waals surface area (Å²) >= 11 is 5.99. The van der Waals surface area contributed by atoms with Gasteiger partial charge in [-0.2, -0.15) is 15.0 Å². The third kappa shape index (κ3) is 2.96. The molecular weight excluding hydrogens is 276 g/mol.